The number of halogens is 1. The van der Waals surface area contributed by atoms with Crippen LogP contribution in [0.5, 0.6) is 0 Å². The molecule has 0 radical (unpaired) electrons. The minimum Gasteiger partial charge on any atom is -0.388 e. The standard InChI is InChI=1S/C9H19ClNO7PS/c1-3(10)4(11)7-5(12)6(13)8(9(17-7)20-2)18-19(14,15)16/h3-9,12-13H,11H2,1-2H3,(H2,14,15,16)/t3-,4+,5?,6?,7?,8?,9?/m0/s1. The van der Waals surface area contributed by atoms with Crippen LogP contribution in [-0.4, -0.2) is 67.5 Å². The number of aliphatic hydroxyl groups is 2. The lowest BCUT2D eigenvalue weighted by Crippen LogP contribution is -2.63. The van der Waals surface area contributed by atoms with Crippen LogP contribution in [0.1, 0.15) is 6.92 Å². The molecule has 1 aliphatic heterocycles. The summed E-state index contributed by atoms with van der Waals surface area (Å²) >= 11 is 6.92. The predicted octanol–water partition coefficient (Wildman–Crippen LogP) is -0.771. The van der Waals surface area contributed by atoms with E-state index in [1.54, 1.807) is 13.2 Å². The molecular formula is C9H19ClNO7PS. The zero-order valence-electron chi connectivity index (χ0n) is 10.9. The number of alkyl halides is 1. The van der Waals surface area contributed by atoms with Gasteiger partial charge in [0.2, 0.25) is 0 Å². The summed E-state index contributed by atoms with van der Waals surface area (Å²) in [7, 11) is -4.83. The molecule has 8 nitrogen and oxygen atoms in total. The third kappa shape index (κ3) is 4.54. The molecule has 5 unspecified atom stereocenters. The highest BCUT2D eigenvalue weighted by molar-refractivity contribution is 7.99. The van der Waals surface area contributed by atoms with E-state index < -0.39 is 49.1 Å². The molecule has 7 atom stereocenters. The number of hydrogen-bond acceptors (Lipinski definition) is 7. The fraction of sp³-hybridized carbons (Fsp3) is 1.00. The Balaban J connectivity index is 2.92. The Kier molecular flexibility index (Phi) is 6.74. The monoisotopic (exact) mass is 351 g/mol. The molecule has 1 aliphatic rings. The first kappa shape index (κ1) is 18.6. The topological polar surface area (TPSA) is 142 Å². The van der Waals surface area contributed by atoms with E-state index >= 15 is 0 Å². The fourth-order valence-corrected chi connectivity index (χ4v) is 3.40. The maximum atomic E-state index is 10.9. The van der Waals surface area contributed by atoms with Gasteiger partial charge in [-0.25, -0.2) is 4.57 Å². The summed E-state index contributed by atoms with van der Waals surface area (Å²) in [6.07, 6.45) is -3.76. The quantitative estimate of drug-likeness (QED) is 0.318. The van der Waals surface area contributed by atoms with Crippen molar-refractivity contribution >= 4 is 31.2 Å². The Morgan fingerprint density at radius 1 is 1.40 bits per heavy atom. The second kappa shape index (κ2) is 7.23. The molecule has 6 N–H and O–H groups in total. The van der Waals surface area contributed by atoms with Crippen molar-refractivity contribution in [2.75, 3.05) is 6.26 Å². The summed E-state index contributed by atoms with van der Waals surface area (Å²) in [5.41, 5.74) is 4.91. The third-order valence-electron chi connectivity index (χ3n) is 2.98. The van der Waals surface area contributed by atoms with E-state index in [1.807, 2.05) is 0 Å². The Labute approximate surface area is 125 Å². The van der Waals surface area contributed by atoms with Crippen LogP contribution >= 0.6 is 31.2 Å². The van der Waals surface area contributed by atoms with Gasteiger partial charge >= 0.3 is 7.82 Å². The van der Waals surface area contributed by atoms with Crippen LogP contribution in [0, 0.1) is 0 Å². The summed E-state index contributed by atoms with van der Waals surface area (Å²) in [6, 6.07) is -0.757. The first-order valence-corrected chi connectivity index (χ1v) is 9.02. The van der Waals surface area contributed by atoms with Crippen molar-refractivity contribution < 1.29 is 33.8 Å². The van der Waals surface area contributed by atoms with Crippen molar-refractivity contribution in [2.24, 2.45) is 5.73 Å². The van der Waals surface area contributed by atoms with E-state index in [9.17, 15) is 14.8 Å². The average molecular weight is 352 g/mol. The second-order valence-electron chi connectivity index (χ2n) is 4.50. The predicted molar refractivity (Wildman–Crippen MR) is 74.4 cm³/mol. The normalized spacial score (nSPS) is 38.5. The van der Waals surface area contributed by atoms with Crippen molar-refractivity contribution in [3.8, 4) is 0 Å². The van der Waals surface area contributed by atoms with Crippen molar-refractivity contribution in [3.05, 3.63) is 0 Å². The number of thioether (sulfide) groups is 1. The molecule has 0 aromatic rings. The van der Waals surface area contributed by atoms with Crippen LogP contribution in [0.3, 0.4) is 0 Å². The van der Waals surface area contributed by atoms with E-state index in [1.165, 1.54) is 0 Å². The van der Waals surface area contributed by atoms with Crippen LogP contribution in [-0.2, 0) is 13.8 Å². The molecule has 11 heteroatoms. The van der Waals surface area contributed by atoms with Crippen molar-refractivity contribution in [2.45, 2.75) is 48.2 Å². The van der Waals surface area contributed by atoms with Crippen LogP contribution in [0.2, 0.25) is 0 Å². The van der Waals surface area contributed by atoms with Crippen molar-refractivity contribution in [1.29, 1.82) is 0 Å². The van der Waals surface area contributed by atoms with Crippen molar-refractivity contribution in [1.82, 2.24) is 0 Å². The van der Waals surface area contributed by atoms with Gasteiger partial charge in [0.25, 0.3) is 0 Å². The molecule has 0 amide bonds. The number of hydrogen-bond donors (Lipinski definition) is 5. The van der Waals surface area contributed by atoms with Gasteiger partial charge in [-0.05, 0) is 13.2 Å². The van der Waals surface area contributed by atoms with Gasteiger partial charge in [0.05, 0.1) is 0 Å². The summed E-state index contributed by atoms with van der Waals surface area (Å²) < 4.78 is 20.9. The molecule has 0 bridgehead atoms. The zero-order valence-corrected chi connectivity index (χ0v) is 13.3. The molecule has 0 saturated carbocycles. The maximum Gasteiger partial charge on any atom is 0.470 e. The van der Waals surface area contributed by atoms with Gasteiger partial charge in [-0.3, -0.25) is 4.52 Å². The molecule has 0 aliphatic carbocycles. The molecule has 0 spiro atoms. The first-order valence-electron chi connectivity index (χ1n) is 5.76. The van der Waals surface area contributed by atoms with E-state index in [4.69, 9.17) is 31.9 Å². The molecule has 1 heterocycles. The highest BCUT2D eigenvalue weighted by Crippen LogP contribution is 2.43. The van der Waals surface area contributed by atoms with Gasteiger partial charge in [-0.2, -0.15) is 0 Å². The lowest BCUT2D eigenvalue weighted by Gasteiger charge is -2.44. The Bertz CT molecular complexity index is 368. The molecule has 1 saturated heterocycles. The smallest absolute Gasteiger partial charge is 0.388 e. The van der Waals surface area contributed by atoms with Crippen LogP contribution in [0.25, 0.3) is 0 Å². The molecule has 1 rings (SSSR count). The highest BCUT2D eigenvalue weighted by Gasteiger charge is 2.49. The van der Waals surface area contributed by atoms with Gasteiger partial charge in [0.15, 0.2) is 0 Å². The number of aliphatic hydroxyl groups excluding tert-OH is 2. The zero-order chi connectivity index (χ0) is 15.7. The Hall–Kier alpha value is 0.590. The van der Waals surface area contributed by atoms with Crippen LogP contribution in [0.15, 0.2) is 0 Å². The number of nitrogens with two attached hydrogens (primary N) is 1. The Morgan fingerprint density at radius 3 is 2.35 bits per heavy atom. The third-order valence-corrected chi connectivity index (χ3v) is 4.64. The number of phosphoric ester groups is 1. The highest BCUT2D eigenvalue weighted by atomic mass is 35.5. The molecular weight excluding hydrogens is 333 g/mol. The number of ether oxygens (including phenoxy) is 1. The second-order valence-corrected chi connectivity index (χ2v) is 7.32. The SMILES string of the molecule is CSC1OC([C@H](N)[C@H](C)Cl)C(O)C(O)C1OP(=O)(O)O. The van der Waals surface area contributed by atoms with Gasteiger partial charge in [-0.1, -0.05) is 0 Å². The molecule has 1 fully saturated rings. The van der Waals surface area contributed by atoms with Crippen LogP contribution in [0.4, 0.5) is 0 Å². The molecule has 0 aromatic carbocycles. The molecule has 0 aromatic heterocycles. The summed E-state index contributed by atoms with van der Waals surface area (Å²) in [4.78, 5) is 17.7. The summed E-state index contributed by atoms with van der Waals surface area (Å²) in [6.45, 7) is 1.61. The Morgan fingerprint density at radius 2 is 1.95 bits per heavy atom. The van der Waals surface area contributed by atoms with Crippen molar-refractivity contribution in [3.63, 3.8) is 0 Å². The van der Waals surface area contributed by atoms with E-state index in [0.717, 1.165) is 11.8 Å². The van der Waals surface area contributed by atoms with Gasteiger partial charge in [0.1, 0.15) is 29.9 Å². The lowest BCUT2D eigenvalue weighted by molar-refractivity contribution is -0.198. The van der Waals surface area contributed by atoms with E-state index in [-0.39, 0.29) is 0 Å². The van der Waals surface area contributed by atoms with Crippen LogP contribution < -0.4 is 5.73 Å². The summed E-state index contributed by atoms with van der Waals surface area (Å²) in [5, 5.41) is 19.5. The van der Waals surface area contributed by atoms with Gasteiger partial charge in [0, 0.05) is 11.4 Å². The molecule has 20 heavy (non-hydrogen) atoms. The lowest BCUT2D eigenvalue weighted by atomic mass is 9.94. The van der Waals surface area contributed by atoms with E-state index in [0.29, 0.717) is 0 Å². The minimum absolute atomic E-state index is 0.524. The largest absolute Gasteiger partial charge is 0.470 e. The number of phosphoric acid groups is 1. The number of rotatable bonds is 5. The fourth-order valence-electron chi connectivity index (χ4n) is 1.90. The summed E-state index contributed by atoms with van der Waals surface area (Å²) in [5.74, 6) is 0. The van der Waals surface area contributed by atoms with Gasteiger partial charge in [-0.15, -0.1) is 23.4 Å². The van der Waals surface area contributed by atoms with Gasteiger partial charge < -0.3 is 30.5 Å². The molecule has 120 valence electrons. The van der Waals surface area contributed by atoms with E-state index in [2.05, 4.69) is 4.52 Å². The minimum atomic E-state index is -4.83. The first-order chi connectivity index (χ1) is 9.08. The average Bonchev–Trinajstić information content (AvgIpc) is 2.33. The maximum absolute atomic E-state index is 10.9.